The molecule has 20 heavy (non-hydrogen) atoms. The van der Waals surface area contributed by atoms with Crippen molar-refractivity contribution in [3.05, 3.63) is 68.7 Å². The number of nitrogens with one attached hydrogen (secondary N) is 1. The second-order valence-corrected chi connectivity index (χ2v) is 6.12. The van der Waals surface area contributed by atoms with Gasteiger partial charge in [-0.25, -0.2) is 0 Å². The van der Waals surface area contributed by atoms with Gasteiger partial charge in [-0.15, -0.1) is 0 Å². The number of hydrogen-bond donors (Lipinski definition) is 1. The van der Waals surface area contributed by atoms with Crippen LogP contribution in [0.15, 0.2) is 40.9 Å². The van der Waals surface area contributed by atoms with Crippen LogP contribution >= 0.6 is 15.9 Å². The summed E-state index contributed by atoms with van der Waals surface area (Å²) in [4.78, 5) is 0. The molecule has 0 amide bonds. The van der Waals surface area contributed by atoms with E-state index in [9.17, 15) is 0 Å². The lowest BCUT2D eigenvalue weighted by molar-refractivity contribution is 0.625. The molecule has 1 unspecified atom stereocenters. The molecule has 0 fully saturated rings. The Kier molecular flexibility index (Phi) is 5.00. The molecule has 0 spiro atoms. The number of aryl methyl sites for hydroxylation is 3. The summed E-state index contributed by atoms with van der Waals surface area (Å²) in [6, 6.07) is 13.4. The van der Waals surface area contributed by atoms with Gasteiger partial charge in [-0.05, 0) is 49.6 Å². The first kappa shape index (κ1) is 15.3. The Balaban J connectivity index is 2.56. The first-order chi connectivity index (χ1) is 9.54. The van der Waals surface area contributed by atoms with Crippen LogP contribution in [-0.2, 0) is 0 Å². The van der Waals surface area contributed by atoms with E-state index in [1.54, 1.807) is 0 Å². The Morgan fingerprint density at radius 1 is 1.00 bits per heavy atom. The van der Waals surface area contributed by atoms with Crippen molar-refractivity contribution in [3.63, 3.8) is 0 Å². The zero-order chi connectivity index (χ0) is 14.7. The van der Waals surface area contributed by atoms with Crippen LogP contribution in [0.25, 0.3) is 0 Å². The molecule has 1 N–H and O–H groups in total. The van der Waals surface area contributed by atoms with Gasteiger partial charge in [-0.3, -0.25) is 0 Å². The quantitative estimate of drug-likeness (QED) is 0.824. The zero-order valence-electron chi connectivity index (χ0n) is 12.6. The summed E-state index contributed by atoms with van der Waals surface area (Å²) in [5.41, 5.74) is 6.57. The Morgan fingerprint density at radius 3 is 2.45 bits per heavy atom. The van der Waals surface area contributed by atoms with Gasteiger partial charge in [0, 0.05) is 4.47 Å². The summed E-state index contributed by atoms with van der Waals surface area (Å²) in [7, 11) is 0. The Hall–Kier alpha value is -1.12. The van der Waals surface area contributed by atoms with E-state index in [1.807, 2.05) is 0 Å². The van der Waals surface area contributed by atoms with Crippen LogP contribution in [0.1, 0.15) is 40.8 Å². The number of hydrogen-bond acceptors (Lipinski definition) is 1. The third-order valence-corrected chi connectivity index (χ3v) is 4.77. The fraction of sp³-hybridized carbons (Fsp3) is 0.333. The SMILES string of the molecule is CCNC(c1cc(C)ccc1C)c1cccc(C)c1Br. The van der Waals surface area contributed by atoms with Gasteiger partial charge < -0.3 is 5.32 Å². The normalized spacial score (nSPS) is 12.4. The summed E-state index contributed by atoms with van der Waals surface area (Å²) in [6.07, 6.45) is 0. The standard InChI is InChI=1S/C18H22BrN/c1-5-20-18(15-8-6-7-14(4)17(15)19)16-11-12(2)9-10-13(16)3/h6-11,18,20H,5H2,1-4H3. The molecule has 0 saturated carbocycles. The third kappa shape index (κ3) is 3.13. The monoisotopic (exact) mass is 331 g/mol. The van der Waals surface area contributed by atoms with Crippen LogP contribution in [0.3, 0.4) is 0 Å². The van der Waals surface area contributed by atoms with Crippen LogP contribution in [0.4, 0.5) is 0 Å². The van der Waals surface area contributed by atoms with Gasteiger partial charge in [-0.2, -0.15) is 0 Å². The predicted octanol–water partition coefficient (Wildman–Crippen LogP) is 5.07. The number of benzene rings is 2. The molecule has 0 aliphatic rings. The van der Waals surface area contributed by atoms with Crippen LogP contribution in [-0.4, -0.2) is 6.54 Å². The minimum Gasteiger partial charge on any atom is -0.306 e. The van der Waals surface area contributed by atoms with Crippen molar-refractivity contribution in [3.8, 4) is 0 Å². The molecule has 0 aliphatic carbocycles. The second-order valence-electron chi connectivity index (χ2n) is 5.33. The van der Waals surface area contributed by atoms with Gasteiger partial charge in [0.15, 0.2) is 0 Å². The topological polar surface area (TPSA) is 12.0 Å². The molecular formula is C18H22BrN. The highest BCUT2D eigenvalue weighted by molar-refractivity contribution is 9.10. The van der Waals surface area contributed by atoms with Crippen molar-refractivity contribution in [2.45, 2.75) is 33.7 Å². The predicted molar refractivity (Wildman–Crippen MR) is 90.3 cm³/mol. The molecule has 2 heteroatoms. The van der Waals surface area contributed by atoms with Gasteiger partial charge in [0.1, 0.15) is 0 Å². The highest BCUT2D eigenvalue weighted by atomic mass is 79.9. The summed E-state index contributed by atoms with van der Waals surface area (Å²) >= 11 is 3.75. The lowest BCUT2D eigenvalue weighted by Crippen LogP contribution is -2.23. The highest BCUT2D eigenvalue weighted by Gasteiger charge is 2.18. The van der Waals surface area contributed by atoms with Crippen molar-refractivity contribution in [2.75, 3.05) is 6.54 Å². The molecule has 1 atom stereocenters. The van der Waals surface area contributed by atoms with Crippen LogP contribution < -0.4 is 5.32 Å². The lowest BCUT2D eigenvalue weighted by atomic mass is 9.92. The van der Waals surface area contributed by atoms with E-state index in [-0.39, 0.29) is 6.04 Å². The Bertz CT molecular complexity index is 602. The van der Waals surface area contributed by atoms with E-state index < -0.39 is 0 Å². The largest absolute Gasteiger partial charge is 0.306 e. The smallest absolute Gasteiger partial charge is 0.0590 e. The molecule has 2 rings (SSSR count). The first-order valence-electron chi connectivity index (χ1n) is 7.10. The van der Waals surface area contributed by atoms with E-state index in [4.69, 9.17) is 0 Å². The maximum absolute atomic E-state index is 3.75. The molecule has 2 aromatic carbocycles. The summed E-state index contributed by atoms with van der Waals surface area (Å²) in [5.74, 6) is 0. The summed E-state index contributed by atoms with van der Waals surface area (Å²) in [5, 5.41) is 3.62. The van der Waals surface area contributed by atoms with Crippen LogP contribution in [0.5, 0.6) is 0 Å². The van der Waals surface area contributed by atoms with Crippen molar-refractivity contribution in [1.82, 2.24) is 5.32 Å². The van der Waals surface area contributed by atoms with Crippen LogP contribution in [0, 0.1) is 20.8 Å². The number of rotatable bonds is 4. The molecule has 0 radical (unpaired) electrons. The maximum atomic E-state index is 3.75. The molecule has 0 bridgehead atoms. The van der Waals surface area contributed by atoms with E-state index in [0.29, 0.717) is 0 Å². The molecule has 2 aromatic rings. The highest BCUT2D eigenvalue weighted by Crippen LogP contribution is 2.32. The Labute approximate surface area is 130 Å². The number of halogens is 1. The molecule has 0 aromatic heterocycles. The molecular weight excluding hydrogens is 310 g/mol. The van der Waals surface area contributed by atoms with E-state index in [0.717, 1.165) is 6.54 Å². The fourth-order valence-corrected chi connectivity index (χ4v) is 3.05. The van der Waals surface area contributed by atoms with Crippen molar-refractivity contribution < 1.29 is 0 Å². The summed E-state index contributed by atoms with van der Waals surface area (Å²) in [6.45, 7) is 9.57. The van der Waals surface area contributed by atoms with Gasteiger partial charge in [-0.1, -0.05) is 64.8 Å². The third-order valence-electron chi connectivity index (χ3n) is 3.69. The molecule has 0 heterocycles. The van der Waals surface area contributed by atoms with Gasteiger partial charge in [0.2, 0.25) is 0 Å². The van der Waals surface area contributed by atoms with Crippen molar-refractivity contribution in [2.24, 2.45) is 0 Å². The average Bonchev–Trinajstić information content (AvgIpc) is 2.43. The molecule has 106 valence electrons. The van der Waals surface area contributed by atoms with Gasteiger partial charge in [0.25, 0.3) is 0 Å². The molecule has 0 saturated heterocycles. The minimum atomic E-state index is 0.231. The van der Waals surface area contributed by atoms with E-state index >= 15 is 0 Å². The lowest BCUT2D eigenvalue weighted by Gasteiger charge is -2.23. The van der Waals surface area contributed by atoms with E-state index in [2.05, 4.69) is 85.3 Å². The maximum Gasteiger partial charge on any atom is 0.0590 e. The van der Waals surface area contributed by atoms with E-state index in [1.165, 1.54) is 32.3 Å². The zero-order valence-corrected chi connectivity index (χ0v) is 14.2. The molecule has 0 aliphatic heterocycles. The molecule has 1 nitrogen and oxygen atoms in total. The van der Waals surface area contributed by atoms with Gasteiger partial charge >= 0.3 is 0 Å². The van der Waals surface area contributed by atoms with Gasteiger partial charge in [0.05, 0.1) is 6.04 Å². The fourth-order valence-electron chi connectivity index (χ4n) is 2.56. The summed E-state index contributed by atoms with van der Waals surface area (Å²) < 4.78 is 1.20. The second kappa shape index (κ2) is 6.55. The Morgan fingerprint density at radius 2 is 1.75 bits per heavy atom. The van der Waals surface area contributed by atoms with Crippen LogP contribution in [0.2, 0.25) is 0 Å². The minimum absolute atomic E-state index is 0.231. The van der Waals surface area contributed by atoms with Crippen molar-refractivity contribution >= 4 is 15.9 Å². The first-order valence-corrected chi connectivity index (χ1v) is 7.89. The van der Waals surface area contributed by atoms with Crippen molar-refractivity contribution in [1.29, 1.82) is 0 Å². The average molecular weight is 332 g/mol.